The van der Waals surface area contributed by atoms with Crippen molar-refractivity contribution in [2.75, 3.05) is 34.5 Å². The van der Waals surface area contributed by atoms with Crippen molar-refractivity contribution in [2.45, 2.75) is 104 Å². The minimum atomic E-state index is -0.772. The summed E-state index contributed by atoms with van der Waals surface area (Å²) >= 11 is 0. The topological polar surface area (TPSA) is 143 Å². The van der Waals surface area contributed by atoms with Crippen molar-refractivity contribution in [3.05, 3.63) is 23.8 Å². The maximum atomic E-state index is 11.7. The molecule has 0 aromatic heterocycles. The summed E-state index contributed by atoms with van der Waals surface area (Å²) in [6.45, 7) is 9.39. The monoisotopic (exact) mass is 608 g/mol. The van der Waals surface area contributed by atoms with Crippen LogP contribution in [0.15, 0.2) is 18.2 Å². The fourth-order valence-corrected chi connectivity index (χ4v) is 5.61. The minimum absolute atomic E-state index is 0.0445. The second-order valence-electron chi connectivity index (χ2n) is 12.6. The number of hydrogen-bond donors (Lipinski definition) is 3. The minimum Gasteiger partial charge on any atom is -0.493 e. The zero-order valence-electron chi connectivity index (χ0n) is 27.8. The number of aliphatic hydroxyl groups is 1. The molecule has 0 bridgehead atoms. The molecule has 3 unspecified atom stereocenters. The Morgan fingerprint density at radius 1 is 0.953 bits per heavy atom. The van der Waals surface area contributed by atoms with E-state index in [-0.39, 0.29) is 29.6 Å². The third-order valence-corrected chi connectivity index (χ3v) is 8.56. The van der Waals surface area contributed by atoms with Crippen molar-refractivity contribution >= 4 is 11.9 Å². The van der Waals surface area contributed by atoms with E-state index in [0.717, 1.165) is 18.4 Å². The summed E-state index contributed by atoms with van der Waals surface area (Å²) in [6, 6.07) is 5.56. The lowest BCUT2D eigenvalue weighted by Crippen LogP contribution is -2.41. The molecule has 0 radical (unpaired) electrons. The number of benzene rings is 1. The third-order valence-electron chi connectivity index (χ3n) is 8.56. The van der Waals surface area contributed by atoms with Crippen LogP contribution < -0.4 is 20.9 Å². The van der Waals surface area contributed by atoms with Crippen LogP contribution in [0.2, 0.25) is 0 Å². The second-order valence-corrected chi connectivity index (χ2v) is 12.6. The van der Waals surface area contributed by atoms with Gasteiger partial charge in [0.1, 0.15) is 0 Å². The maximum absolute atomic E-state index is 11.7. The highest BCUT2D eigenvalue weighted by Gasteiger charge is 2.28. The van der Waals surface area contributed by atoms with Gasteiger partial charge in [-0.1, -0.05) is 53.0 Å². The summed E-state index contributed by atoms with van der Waals surface area (Å²) in [5, 5.41) is 10.7. The number of nitrogens with two attached hydrogens (primary N) is 2. The van der Waals surface area contributed by atoms with E-state index in [4.69, 9.17) is 25.7 Å². The molecule has 1 aromatic carbocycles. The average Bonchev–Trinajstić information content (AvgIpc) is 2.98. The maximum Gasteiger partial charge on any atom is 0.305 e. The molecule has 2 rings (SSSR count). The van der Waals surface area contributed by atoms with Gasteiger partial charge in [0.15, 0.2) is 11.5 Å². The Morgan fingerprint density at radius 3 is 2.16 bits per heavy atom. The molecule has 1 aromatic rings. The first-order valence-corrected chi connectivity index (χ1v) is 16.0. The molecule has 4 atom stereocenters. The highest BCUT2D eigenvalue weighted by molar-refractivity contribution is 5.76. The number of hydrogen-bond acceptors (Lipinski definition) is 8. The summed E-state index contributed by atoms with van der Waals surface area (Å²) in [4.78, 5) is 22.6. The molecule has 1 amide bonds. The van der Waals surface area contributed by atoms with Gasteiger partial charge in [-0.25, -0.2) is 0 Å². The lowest BCUT2D eigenvalue weighted by atomic mass is 9.81. The quantitative estimate of drug-likeness (QED) is 0.151. The van der Waals surface area contributed by atoms with Crippen molar-refractivity contribution in [1.29, 1.82) is 0 Å². The first kappa shape index (κ1) is 38.7. The molecule has 1 fully saturated rings. The van der Waals surface area contributed by atoms with Crippen molar-refractivity contribution in [1.82, 2.24) is 0 Å². The van der Waals surface area contributed by atoms with Gasteiger partial charge in [-0.3, -0.25) is 9.59 Å². The zero-order chi connectivity index (χ0) is 32.4. The zero-order valence-corrected chi connectivity index (χ0v) is 27.8. The number of esters is 1. The van der Waals surface area contributed by atoms with Crippen LogP contribution >= 0.6 is 0 Å². The molecule has 0 heterocycles. The number of primary amides is 1. The highest BCUT2D eigenvalue weighted by Crippen LogP contribution is 2.32. The van der Waals surface area contributed by atoms with E-state index in [2.05, 4.69) is 18.6 Å². The van der Waals surface area contributed by atoms with Gasteiger partial charge in [0.2, 0.25) is 5.91 Å². The fraction of sp³-hybridized carbons (Fsp3) is 0.765. The highest BCUT2D eigenvalue weighted by atomic mass is 16.5. The molecule has 1 saturated carbocycles. The van der Waals surface area contributed by atoms with Crippen LogP contribution in [-0.4, -0.2) is 63.7 Å². The summed E-state index contributed by atoms with van der Waals surface area (Å²) < 4.78 is 21.0. The molecule has 0 spiro atoms. The van der Waals surface area contributed by atoms with Gasteiger partial charge < -0.3 is 35.5 Å². The van der Waals surface area contributed by atoms with Crippen molar-refractivity contribution in [2.24, 2.45) is 41.1 Å². The third kappa shape index (κ3) is 15.3. The van der Waals surface area contributed by atoms with Crippen LogP contribution in [0.1, 0.15) is 91.0 Å². The van der Waals surface area contributed by atoms with Gasteiger partial charge in [-0.05, 0) is 73.5 Å². The summed E-state index contributed by atoms with van der Waals surface area (Å²) in [6.07, 6.45) is 8.78. The second kappa shape index (κ2) is 21.4. The number of carbonyl (C=O) groups is 2. The molecular weight excluding hydrogens is 548 g/mol. The van der Waals surface area contributed by atoms with Crippen LogP contribution in [0, 0.1) is 29.6 Å². The Morgan fingerprint density at radius 2 is 1.63 bits per heavy atom. The molecule has 248 valence electrons. The smallest absolute Gasteiger partial charge is 0.305 e. The van der Waals surface area contributed by atoms with Crippen LogP contribution in [-0.2, 0) is 25.5 Å². The number of methoxy groups -OCH3 is 3. The molecule has 1 aliphatic carbocycles. The van der Waals surface area contributed by atoms with Gasteiger partial charge in [0, 0.05) is 38.5 Å². The van der Waals surface area contributed by atoms with Crippen molar-refractivity contribution in [3.8, 4) is 11.5 Å². The van der Waals surface area contributed by atoms with Gasteiger partial charge in [-0.2, -0.15) is 0 Å². The summed E-state index contributed by atoms with van der Waals surface area (Å²) in [5.74, 6) is 1.92. The molecule has 0 saturated heterocycles. The summed E-state index contributed by atoms with van der Waals surface area (Å²) in [5.41, 5.74) is 13.0. The molecule has 1 aliphatic rings. The van der Waals surface area contributed by atoms with E-state index < -0.39 is 12.1 Å². The van der Waals surface area contributed by atoms with Crippen molar-refractivity contribution in [3.63, 3.8) is 0 Å². The normalized spacial score (nSPS) is 16.5. The first-order valence-electron chi connectivity index (χ1n) is 16.0. The average molecular weight is 609 g/mol. The summed E-state index contributed by atoms with van der Waals surface area (Å²) in [7, 11) is 4.77. The predicted octanol–water partition coefficient (Wildman–Crippen LogP) is 5.28. The van der Waals surface area contributed by atoms with E-state index >= 15 is 0 Å². The van der Waals surface area contributed by atoms with Gasteiger partial charge in [0.05, 0.1) is 26.9 Å². The Bertz CT molecular complexity index is 918. The van der Waals surface area contributed by atoms with E-state index in [0.29, 0.717) is 55.8 Å². The lowest BCUT2D eigenvalue weighted by Gasteiger charge is -2.29. The van der Waals surface area contributed by atoms with Gasteiger partial charge in [-0.15, -0.1) is 0 Å². The van der Waals surface area contributed by atoms with Crippen molar-refractivity contribution < 1.29 is 33.6 Å². The number of carbonyl (C=O) groups excluding carboxylic acids is 2. The van der Waals surface area contributed by atoms with E-state index in [1.54, 1.807) is 14.2 Å². The Labute approximate surface area is 260 Å². The molecule has 9 heteroatoms. The van der Waals surface area contributed by atoms with Crippen LogP contribution in [0.5, 0.6) is 11.5 Å². The van der Waals surface area contributed by atoms with Crippen LogP contribution in [0.4, 0.5) is 0 Å². The predicted molar refractivity (Wildman–Crippen MR) is 171 cm³/mol. The van der Waals surface area contributed by atoms with Gasteiger partial charge >= 0.3 is 5.97 Å². The first-order chi connectivity index (χ1) is 20.4. The SMILES string of the molecule is COC(=O)CC1CCCCC1.COCCCOc1cc(CC(CC(N)[C@@H](O)CC(C(N)=O)C(C)C)C(C)C)ccc1OC. The van der Waals surface area contributed by atoms with E-state index in [1.165, 1.54) is 39.2 Å². The molecule has 0 aliphatic heterocycles. The standard InChI is InChI=1S/C25H44N2O5.C9H16O2/c1-16(2)19(14-21(26)22(28)15-20(17(3)4)25(27)29)12-18-8-9-23(31-6)24(13-18)32-11-7-10-30-5;1-11-9(10)7-8-5-3-2-4-6-8/h8-9,13,16-17,19-22,28H,7,10-12,14-15,26H2,1-6H3,(H2,27,29);8H,2-7H2,1H3/t19?,20?,21?,22-;/m0./s1. The number of aliphatic hydroxyl groups excluding tert-OH is 1. The van der Waals surface area contributed by atoms with Gasteiger partial charge in [0.25, 0.3) is 0 Å². The van der Waals surface area contributed by atoms with Crippen LogP contribution in [0.25, 0.3) is 0 Å². The Hall–Kier alpha value is -2.36. The number of amides is 1. The molecular formula is C34H60N2O7. The number of ether oxygens (including phenoxy) is 4. The molecule has 5 N–H and O–H groups in total. The lowest BCUT2D eigenvalue weighted by molar-refractivity contribution is -0.142. The molecule has 9 nitrogen and oxygen atoms in total. The van der Waals surface area contributed by atoms with E-state index in [1.807, 2.05) is 32.0 Å². The fourth-order valence-electron chi connectivity index (χ4n) is 5.61. The number of rotatable bonds is 18. The Balaban J connectivity index is 0.000000699. The largest absolute Gasteiger partial charge is 0.493 e. The van der Waals surface area contributed by atoms with E-state index in [9.17, 15) is 14.7 Å². The van der Waals surface area contributed by atoms with Crippen LogP contribution in [0.3, 0.4) is 0 Å². The molecule has 43 heavy (non-hydrogen) atoms. The Kier molecular flexibility index (Phi) is 19.2.